The standard InChI is InChI=1S/C31H36Cl2O8S/c1-17-6-8-19(9-7-17)42(37,38)39-16-25(36)31-26(40-27(2,3)41-31)14-20-21-13-23(32)22-12-18(34)10-11-28(22,4)30(21,33)24(35)15-29(20,31)5/h6-12,20-21,23-24,26,35H,13-16H2,1-5H3/t20-,21-,23-,24-,26+,28-,29-,30-,31+/m0/s1. The summed E-state index contributed by atoms with van der Waals surface area (Å²) in [5, 5.41) is 11.4. The summed E-state index contributed by atoms with van der Waals surface area (Å²) in [7, 11) is -4.23. The van der Waals surface area contributed by atoms with Crippen LogP contribution in [0.3, 0.4) is 0 Å². The van der Waals surface area contributed by atoms with Gasteiger partial charge in [-0.2, -0.15) is 8.42 Å². The number of carbonyl (C=O) groups excluding carboxylic acids is 2. The highest BCUT2D eigenvalue weighted by Gasteiger charge is 2.79. The van der Waals surface area contributed by atoms with E-state index in [1.807, 2.05) is 20.8 Å². The molecule has 0 unspecified atom stereocenters. The molecule has 0 aromatic heterocycles. The van der Waals surface area contributed by atoms with Crippen LogP contribution in [0.5, 0.6) is 0 Å². The number of halogens is 2. The molecule has 1 heterocycles. The smallest absolute Gasteiger partial charge is 0.297 e. The van der Waals surface area contributed by atoms with Gasteiger partial charge in [-0.1, -0.05) is 37.6 Å². The predicted molar refractivity (Wildman–Crippen MR) is 156 cm³/mol. The number of aryl methyl sites for hydroxylation is 1. The second-order valence-electron chi connectivity index (χ2n) is 13.4. The quantitative estimate of drug-likeness (QED) is 0.367. The summed E-state index contributed by atoms with van der Waals surface area (Å²) in [5.41, 5.74) is -1.93. The Morgan fingerprint density at radius 2 is 1.79 bits per heavy atom. The number of aliphatic hydroxyl groups is 1. The van der Waals surface area contributed by atoms with E-state index in [9.17, 15) is 23.1 Å². The van der Waals surface area contributed by atoms with Crippen molar-refractivity contribution in [2.45, 2.75) is 92.6 Å². The van der Waals surface area contributed by atoms with Crippen LogP contribution in [0.2, 0.25) is 0 Å². The number of rotatable bonds is 5. The minimum Gasteiger partial charge on any atom is -0.391 e. The molecule has 6 rings (SSSR count). The van der Waals surface area contributed by atoms with Crippen molar-refractivity contribution in [1.29, 1.82) is 0 Å². The van der Waals surface area contributed by atoms with Crippen molar-refractivity contribution in [3.05, 3.63) is 53.6 Å². The number of aliphatic hydroxyl groups excluding tert-OH is 1. The fraction of sp³-hybridized carbons (Fsp3) is 0.613. The second-order valence-corrected chi connectivity index (χ2v) is 16.2. The number of hydrogen-bond acceptors (Lipinski definition) is 8. The Balaban J connectivity index is 1.38. The molecule has 1 saturated heterocycles. The Hall–Kier alpha value is -1.59. The van der Waals surface area contributed by atoms with Crippen LogP contribution in [0.15, 0.2) is 53.0 Å². The van der Waals surface area contributed by atoms with Gasteiger partial charge in [0.2, 0.25) is 0 Å². The van der Waals surface area contributed by atoms with Crippen LogP contribution < -0.4 is 0 Å². The van der Waals surface area contributed by atoms with Gasteiger partial charge in [-0.15, -0.1) is 23.2 Å². The van der Waals surface area contributed by atoms with Crippen LogP contribution >= 0.6 is 23.2 Å². The summed E-state index contributed by atoms with van der Waals surface area (Å²) < 4.78 is 44.2. The lowest BCUT2D eigenvalue weighted by atomic mass is 9.45. The predicted octanol–water partition coefficient (Wildman–Crippen LogP) is 4.63. The number of allylic oxidation sites excluding steroid dienone is 4. The maximum atomic E-state index is 14.3. The van der Waals surface area contributed by atoms with E-state index < -0.39 is 67.2 Å². The van der Waals surface area contributed by atoms with E-state index in [0.29, 0.717) is 18.4 Å². The van der Waals surface area contributed by atoms with Gasteiger partial charge in [0.15, 0.2) is 23.0 Å². The zero-order valence-corrected chi connectivity index (χ0v) is 26.6. The van der Waals surface area contributed by atoms with E-state index in [1.165, 1.54) is 24.3 Å². The summed E-state index contributed by atoms with van der Waals surface area (Å²) in [6.45, 7) is 8.31. The van der Waals surface area contributed by atoms with Crippen molar-refractivity contribution in [2.75, 3.05) is 6.61 Å². The second kappa shape index (κ2) is 9.46. The molecule has 228 valence electrons. The van der Waals surface area contributed by atoms with Gasteiger partial charge in [-0.3, -0.25) is 13.8 Å². The highest BCUT2D eigenvalue weighted by Crippen LogP contribution is 2.73. The Morgan fingerprint density at radius 3 is 2.45 bits per heavy atom. The van der Waals surface area contributed by atoms with Crippen molar-refractivity contribution in [3.63, 3.8) is 0 Å². The largest absolute Gasteiger partial charge is 0.391 e. The minimum absolute atomic E-state index is 0.0547. The molecule has 0 radical (unpaired) electrons. The summed E-state index contributed by atoms with van der Waals surface area (Å²) in [4.78, 5) is 25.3. The zero-order valence-electron chi connectivity index (χ0n) is 24.2. The van der Waals surface area contributed by atoms with Crippen molar-refractivity contribution in [3.8, 4) is 0 Å². The molecule has 0 bridgehead atoms. The third-order valence-electron chi connectivity index (χ3n) is 10.7. The van der Waals surface area contributed by atoms with Crippen molar-refractivity contribution in [1.82, 2.24) is 0 Å². The average molecular weight is 640 g/mol. The van der Waals surface area contributed by atoms with E-state index in [-0.39, 0.29) is 28.9 Å². The van der Waals surface area contributed by atoms with Crippen LogP contribution in [0, 0.1) is 29.6 Å². The maximum absolute atomic E-state index is 14.3. The van der Waals surface area contributed by atoms with Gasteiger partial charge >= 0.3 is 0 Å². The van der Waals surface area contributed by atoms with Gasteiger partial charge in [0.25, 0.3) is 10.1 Å². The molecular weight excluding hydrogens is 603 g/mol. The van der Waals surface area contributed by atoms with Crippen LogP contribution in [-0.2, 0) is 33.4 Å². The first-order chi connectivity index (χ1) is 19.4. The average Bonchev–Trinajstić information content (AvgIpc) is 3.31. The highest BCUT2D eigenvalue weighted by molar-refractivity contribution is 7.86. The molecule has 1 N–H and O–H groups in total. The Bertz CT molecular complexity index is 1520. The Labute approximate surface area is 256 Å². The number of hydrogen-bond donors (Lipinski definition) is 1. The topological polar surface area (TPSA) is 116 Å². The molecule has 1 aromatic rings. The summed E-state index contributed by atoms with van der Waals surface area (Å²) >= 11 is 14.5. The maximum Gasteiger partial charge on any atom is 0.297 e. The normalized spacial score (nSPS) is 43.7. The van der Waals surface area contributed by atoms with Gasteiger partial charge in [0, 0.05) is 10.8 Å². The molecule has 0 spiro atoms. The summed E-state index contributed by atoms with van der Waals surface area (Å²) in [6, 6.07) is 6.17. The van der Waals surface area contributed by atoms with Crippen molar-refractivity contribution in [2.24, 2.45) is 22.7 Å². The minimum atomic E-state index is -4.23. The van der Waals surface area contributed by atoms with Crippen LogP contribution in [0.25, 0.3) is 0 Å². The molecule has 1 aliphatic heterocycles. The van der Waals surface area contributed by atoms with E-state index in [1.54, 1.807) is 32.1 Å². The van der Waals surface area contributed by atoms with E-state index in [4.69, 9.17) is 36.9 Å². The number of ether oxygens (including phenoxy) is 2. The lowest BCUT2D eigenvalue weighted by Crippen LogP contribution is -2.70. The van der Waals surface area contributed by atoms with E-state index >= 15 is 0 Å². The zero-order chi connectivity index (χ0) is 30.7. The van der Waals surface area contributed by atoms with Crippen LogP contribution in [0.4, 0.5) is 0 Å². The lowest BCUT2D eigenvalue weighted by Gasteiger charge is -2.64. The molecule has 9 atom stereocenters. The van der Waals surface area contributed by atoms with Gasteiger partial charge in [-0.25, -0.2) is 0 Å². The van der Waals surface area contributed by atoms with Crippen molar-refractivity contribution < 1.29 is 36.8 Å². The third-order valence-corrected chi connectivity index (χ3v) is 13.3. The number of Topliss-reactive ketones (excluding diaryl/α,β-unsaturated/α-hetero) is 1. The van der Waals surface area contributed by atoms with Crippen LogP contribution in [0.1, 0.15) is 52.5 Å². The molecular formula is C31H36Cl2O8S. The molecule has 5 aliphatic rings. The number of ketones is 2. The molecule has 11 heteroatoms. The Kier molecular flexibility index (Phi) is 6.85. The fourth-order valence-corrected chi connectivity index (χ4v) is 10.7. The first kappa shape index (κ1) is 30.4. The fourth-order valence-electron chi connectivity index (χ4n) is 8.81. The number of alkyl halides is 2. The lowest BCUT2D eigenvalue weighted by molar-refractivity contribution is -0.222. The monoisotopic (exact) mass is 638 g/mol. The molecule has 4 aliphatic carbocycles. The van der Waals surface area contributed by atoms with Crippen molar-refractivity contribution >= 4 is 44.9 Å². The molecule has 42 heavy (non-hydrogen) atoms. The number of fused-ring (bicyclic) bond motifs is 7. The van der Waals surface area contributed by atoms with Gasteiger partial charge in [0.05, 0.1) is 27.4 Å². The van der Waals surface area contributed by atoms with Crippen LogP contribution in [-0.4, -0.2) is 65.5 Å². The molecule has 3 saturated carbocycles. The number of benzene rings is 1. The van der Waals surface area contributed by atoms with E-state index in [0.717, 1.165) is 5.56 Å². The third kappa shape index (κ3) is 3.97. The van der Waals surface area contributed by atoms with Gasteiger partial charge in [-0.05, 0) is 81.7 Å². The molecule has 8 nitrogen and oxygen atoms in total. The number of carbonyl (C=O) groups is 2. The van der Waals surface area contributed by atoms with Gasteiger partial charge < -0.3 is 14.6 Å². The van der Waals surface area contributed by atoms with Gasteiger partial charge in [0.1, 0.15) is 6.61 Å². The summed E-state index contributed by atoms with van der Waals surface area (Å²) in [5.74, 6) is -2.53. The van der Waals surface area contributed by atoms with E-state index in [2.05, 4.69) is 0 Å². The first-order valence-electron chi connectivity index (χ1n) is 14.2. The SMILES string of the molecule is Cc1ccc(S(=O)(=O)OCC(=O)[C@@]23OC(C)(C)O[C@@H]2C[C@H]2[C@@H]4C[C@H](Cl)C5=CC(=O)C=C[C@]5(C)[C@@]4(Cl)[C@@H](O)C[C@@]23C)cc1. The highest BCUT2D eigenvalue weighted by atomic mass is 35.5. The molecule has 0 amide bonds. The first-order valence-corrected chi connectivity index (χ1v) is 16.5. The molecule has 1 aromatic carbocycles. The Morgan fingerprint density at radius 1 is 1.12 bits per heavy atom. The summed E-state index contributed by atoms with van der Waals surface area (Å²) in [6.07, 6.45) is 3.75. The molecule has 4 fully saturated rings.